The summed E-state index contributed by atoms with van der Waals surface area (Å²) in [6, 6.07) is 7.36. The molecule has 3 amide bonds. The zero-order valence-corrected chi connectivity index (χ0v) is 21.2. The van der Waals surface area contributed by atoms with Gasteiger partial charge in [0.25, 0.3) is 11.8 Å². The van der Waals surface area contributed by atoms with Gasteiger partial charge in [-0.1, -0.05) is 32.0 Å². The molecule has 0 saturated heterocycles. The normalized spacial score (nSPS) is 12.8. The van der Waals surface area contributed by atoms with Crippen LogP contribution in [-0.2, 0) is 40.7 Å². The van der Waals surface area contributed by atoms with Gasteiger partial charge in [0.05, 0.1) is 35.6 Å². The SMILES string of the molecule is CC(C)C(=O)OCn1ncc(CNC(=O)c2nc(NC(=O)c3nsc4ccccc34)c3n2CC(=O)NC3)n1. The molecule has 5 rings (SSSR count). The molecule has 196 valence electrons. The van der Waals surface area contributed by atoms with Crippen LogP contribution in [0.4, 0.5) is 5.82 Å². The molecule has 1 aromatic carbocycles. The number of benzene rings is 1. The van der Waals surface area contributed by atoms with Gasteiger partial charge < -0.3 is 25.3 Å². The van der Waals surface area contributed by atoms with E-state index in [1.54, 1.807) is 19.9 Å². The largest absolute Gasteiger partial charge is 0.440 e. The van der Waals surface area contributed by atoms with Gasteiger partial charge in [-0.25, -0.2) is 4.98 Å². The second-order valence-corrected chi connectivity index (χ2v) is 9.52. The summed E-state index contributed by atoms with van der Waals surface area (Å²) in [6.07, 6.45) is 1.43. The first-order valence-corrected chi connectivity index (χ1v) is 12.4. The van der Waals surface area contributed by atoms with Crippen LogP contribution in [0.25, 0.3) is 10.1 Å². The number of fused-ring (bicyclic) bond motifs is 2. The quantitative estimate of drug-likeness (QED) is 0.277. The van der Waals surface area contributed by atoms with Gasteiger partial charge in [0.1, 0.15) is 17.9 Å². The fourth-order valence-corrected chi connectivity index (χ4v) is 4.50. The van der Waals surface area contributed by atoms with E-state index < -0.39 is 11.8 Å². The number of hydrogen-bond donors (Lipinski definition) is 3. The van der Waals surface area contributed by atoms with Crippen molar-refractivity contribution in [3.05, 3.63) is 53.4 Å². The van der Waals surface area contributed by atoms with Crippen LogP contribution < -0.4 is 16.0 Å². The average molecular weight is 538 g/mol. The molecule has 0 aliphatic carbocycles. The smallest absolute Gasteiger partial charge is 0.310 e. The van der Waals surface area contributed by atoms with Crippen LogP contribution in [0, 0.1) is 5.92 Å². The highest BCUT2D eigenvalue weighted by Gasteiger charge is 2.28. The first-order chi connectivity index (χ1) is 18.3. The van der Waals surface area contributed by atoms with Crippen LogP contribution in [-0.4, -0.2) is 52.6 Å². The maximum atomic E-state index is 13.0. The lowest BCUT2D eigenvalue weighted by atomic mass is 10.2. The van der Waals surface area contributed by atoms with E-state index in [2.05, 4.69) is 35.5 Å². The second-order valence-electron chi connectivity index (χ2n) is 8.71. The summed E-state index contributed by atoms with van der Waals surface area (Å²) in [7, 11) is 0. The van der Waals surface area contributed by atoms with Crippen LogP contribution >= 0.6 is 11.5 Å². The van der Waals surface area contributed by atoms with Gasteiger partial charge in [0.15, 0.2) is 5.82 Å². The van der Waals surface area contributed by atoms with Crippen molar-refractivity contribution in [2.45, 2.75) is 40.2 Å². The monoisotopic (exact) mass is 537 g/mol. The highest BCUT2D eigenvalue weighted by Crippen LogP contribution is 2.25. The molecule has 0 spiro atoms. The number of hydrogen-bond acceptors (Lipinski definition) is 10. The summed E-state index contributed by atoms with van der Waals surface area (Å²) in [6.45, 7) is 3.27. The van der Waals surface area contributed by atoms with Crippen LogP contribution in [0.5, 0.6) is 0 Å². The Hall–Kier alpha value is -4.66. The van der Waals surface area contributed by atoms with E-state index in [-0.39, 0.29) is 61.5 Å². The van der Waals surface area contributed by atoms with E-state index in [1.807, 2.05) is 18.2 Å². The minimum absolute atomic E-state index is 0.0118. The lowest BCUT2D eigenvalue weighted by Gasteiger charge is -2.17. The molecule has 0 bridgehead atoms. The molecule has 4 aromatic rings. The van der Waals surface area contributed by atoms with Gasteiger partial charge in [-0.15, -0.1) is 4.80 Å². The predicted octanol–water partition coefficient (Wildman–Crippen LogP) is 1.05. The molecule has 0 radical (unpaired) electrons. The van der Waals surface area contributed by atoms with Gasteiger partial charge in [0, 0.05) is 5.39 Å². The van der Waals surface area contributed by atoms with Gasteiger partial charge in [-0.05, 0) is 17.6 Å². The number of carbonyl (C=O) groups excluding carboxylic acids is 4. The van der Waals surface area contributed by atoms with E-state index in [0.29, 0.717) is 16.8 Å². The topological polar surface area (TPSA) is 175 Å². The molecular weight excluding hydrogens is 514 g/mol. The molecule has 0 unspecified atom stereocenters. The Labute approximate surface area is 219 Å². The third-order valence-corrected chi connectivity index (χ3v) is 6.49. The lowest BCUT2D eigenvalue weighted by molar-refractivity contribution is -0.152. The highest BCUT2D eigenvalue weighted by atomic mass is 32.1. The minimum Gasteiger partial charge on any atom is -0.440 e. The third-order valence-electron chi connectivity index (χ3n) is 5.66. The Morgan fingerprint density at radius 1 is 1.21 bits per heavy atom. The lowest BCUT2D eigenvalue weighted by Crippen LogP contribution is -2.37. The number of anilines is 1. The van der Waals surface area contributed by atoms with Crippen molar-refractivity contribution in [2.24, 2.45) is 5.92 Å². The zero-order chi connectivity index (χ0) is 26.8. The van der Waals surface area contributed by atoms with Crippen molar-refractivity contribution >= 4 is 51.1 Å². The van der Waals surface area contributed by atoms with E-state index in [4.69, 9.17) is 4.74 Å². The number of amides is 3. The number of rotatable bonds is 8. The average Bonchev–Trinajstić information content (AvgIpc) is 3.63. The second kappa shape index (κ2) is 10.4. The van der Waals surface area contributed by atoms with Crippen LogP contribution in [0.3, 0.4) is 0 Å². The molecule has 14 nitrogen and oxygen atoms in total. The first kappa shape index (κ1) is 25.0. The fourth-order valence-electron chi connectivity index (χ4n) is 3.72. The predicted molar refractivity (Wildman–Crippen MR) is 134 cm³/mol. The number of imidazole rings is 1. The molecule has 3 N–H and O–H groups in total. The molecule has 0 atom stereocenters. The number of aromatic nitrogens is 6. The summed E-state index contributed by atoms with van der Waals surface area (Å²) in [4.78, 5) is 55.2. The molecular formula is C23H23N9O5S. The molecule has 15 heteroatoms. The number of nitrogens with one attached hydrogen (secondary N) is 3. The molecule has 4 heterocycles. The van der Waals surface area contributed by atoms with Gasteiger partial charge >= 0.3 is 5.97 Å². The molecule has 0 saturated carbocycles. The van der Waals surface area contributed by atoms with E-state index in [1.165, 1.54) is 27.1 Å². The zero-order valence-electron chi connectivity index (χ0n) is 20.4. The Morgan fingerprint density at radius 2 is 2.03 bits per heavy atom. The third kappa shape index (κ3) is 5.08. The summed E-state index contributed by atoms with van der Waals surface area (Å²) in [5, 5.41) is 17.0. The van der Waals surface area contributed by atoms with Crippen LogP contribution in [0.2, 0.25) is 0 Å². The van der Waals surface area contributed by atoms with E-state index in [0.717, 1.165) is 4.70 Å². The molecule has 1 aliphatic heterocycles. The summed E-state index contributed by atoms with van der Waals surface area (Å²) in [5.41, 5.74) is 1.16. The summed E-state index contributed by atoms with van der Waals surface area (Å²) >= 11 is 1.21. The van der Waals surface area contributed by atoms with Crippen molar-refractivity contribution in [3.63, 3.8) is 0 Å². The van der Waals surface area contributed by atoms with Gasteiger partial charge in [-0.3, -0.25) is 19.2 Å². The fraction of sp³-hybridized carbons (Fsp3) is 0.304. The van der Waals surface area contributed by atoms with Crippen molar-refractivity contribution in [2.75, 3.05) is 5.32 Å². The number of ether oxygens (including phenoxy) is 1. The summed E-state index contributed by atoms with van der Waals surface area (Å²) < 4.78 is 11.7. The Balaban J connectivity index is 1.30. The van der Waals surface area contributed by atoms with Crippen LogP contribution in [0.15, 0.2) is 30.5 Å². The van der Waals surface area contributed by atoms with Crippen molar-refractivity contribution in [3.8, 4) is 0 Å². The number of carbonyl (C=O) groups is 4. The van der Waals surface area contributed by atoms with Crippen molar-refractivity contribution in [1.82, 2.24) is 39.6 Å². The minimum atomic E-state index is -0.568. The molecule has 1 aliphatic rings. The Kier molecular flexibility index (Phi) is 6.83. The molecule has 38 heavy (non-hydrogen) atoms. The van der Waals surface area contributed by atoms with Crippen LogP contribution in [0.1, 0.15) is 46.3 Å². The maximum absolute atomic E-state index is 13.0. The van der Waals surface area contributed by atoms with Gasteiger partial charge in [0.2, 0.25) is 18.5 Å². The van der Waals surface area contributed by atoms with Crippen molar-refractivity contribution in [1.29, 1.82) is 0 Å². The number of esters is 1. The van der Waals surface area contributed by atoms with E-state index in [9.17, 15) is 19.2 Å². The number of nitrogens with zero attached hydrogens (tertiary/aromatic N) is 6. The standard InChI is InChI=1S/C23H23N9O5S/c1-12(2)23(36)37-11-32-26-8-13(29-32)7-25-22(35)20-27-19(15-9-24-17(33)10-31(15)20)28-21(34)18-14-5-3-4-6-16(14)38-30-18/h3-6,8,12H,7,9-11H2,1-2H3,(H,24,33)(H,25,35)(H,28,34). The highest BCUT2D eigenvalue weighted by molar-refractivity contribution is 7.13. The Bertz CT molecular complexity index is 1550. The van der Waals surface area contributed by atoms with Crippen molar-refractivity contribution < 1.29 is 23.9 Å². The maximum Gasteiger partial charge on any atom is 0.310 e. The Morgan fingerprint density at radius 3 is 2.84 bits per heavy atom. The first-order valence-electron chi connectivity index (χ1n) is 11.7. The molecule has 0 fully saturated rings. The molecule has 3 aromatic heterocycles. The van der Waals surface area contributed by atoms with E-state index >= 15 is 0 Å². The summed E-state index contributed by atoms with van der Waals surface area (Å²) in [5.74, 6) is -1.85. The van der Waals surface area contributed by atoms with Gasteiger partial charge in [-0.2, -0.15) is 14.6 Å².